The maximum absolute atomic E-state index is 13.5. The van der Waals surface area contributed by atoms with Crippen LogP contribution in [0, 0.1) is 12.7 Å². The number of hydrogen-bond donors (Lipinski definition) is 2. The van der Waals surface area contributed by atoms with E-state index in [0.717, 1.165) is 11.4 Å². The van der Waals surface area contributed by atoms with Crippen molar-refractivity contribution in [3.8, 4) is 0 Å². The summed E-state index contributed by atoms with van der Waals surface area (Å²) in [6.07, 6.45) is 1.61. The van der Waals surface area contributed by atoms with Crippen LogP contribution in [0.5, 0.6) is 0 Å². The molecule has 0 spiro atoms. The highest BCUT2D eigenvalue weighted by Gasteiger charge is 2.06. The molecule has 0 aliphatic heterocycles. The smallest absolute Gasteiger partial charge is 0.164 e. The van der Waals surface area contributed by atoms with Crippen LogP contribution in [0.25, 0.3) is 0 Å². The number of imidazole rings is 1. The SMILES string of the molecule is Cc1[nH]cnc1CNc1cccc(Cl)c1F. The topological polar surface area (TPSA) is 40.7 Å². The molecule has 16 heavy (non-hydrogen) atoms. The molecule has 2 rings (SSSR count). The van der Waals surface area contributed by atoms with Gasteiger partial charge in [-0.2, -0.15) is 0 Å². The van der Waals surface area contributed by atoms with Crippen molar-refractivity contribution in [3.63, 3.8) is 0 Å². The summed E-state index contributed by atoms with van der Waals surface area (Å²) in [5, 5.41) is 3.07. The van der Waals surface area contributed by atoms with Crippen LogP contribution in [0.3, 0.4) is 0 Å². The number of nitrogens with one attached hydrogen (secondary N) is 2. The van der Waals surface area contributed by atoms with E-state index in [9.17, 15) is 4.39 Å². The Bertz CT molecular complexity index is 496. The molecule has 0 bridgehead atoms. The molecular weight excluding hydrogens is 229 g/mol. The van der Waals surface area contributed by atoms with Gasteiger partial charge in [0.25, 0.3) is 0 Å². The summed E-state index contributed by atoms with van der Waals surface area (Å²) in [4.78, 5) is 7.07. The third kappa shape index (κ3) is 2.17. The van der Waals surface area contributed by atoms with E-state index >= 15 is 0 Å². The van der Waals surface area contributed by atoms with Gasteiger partial charge in [-0.1, -0.05) is 17.7 Å². The van der Waals surface area contributed by atoms with Crippen LogP contribution < -0.4 is 5.32 Å². The Balaban J connectivity index is 2.11. The van der Waals surface area contributed by atoms with Crippen molar-refractivity contribution in [1.82, 2.24) is 9.97 Å². The minimum atomic E-state index is -0.433. The van der Waals surface area contributed by atoms with E-state index in [1.165, 1.54) is 6.07 Å². The van der Waals surface area contributed by atoms with Crippen molar-refractivity contribution < 1.29 is 4.39 Å². The van der Waals surface area contributed by atoms with Gasteiger partial charge in [-0.15, -0.1) is 0 Å². The van der Waals surface area contributed by atoms with Crippen molar-refractivity contribution in [2.45, 2.75) is 13.5 Å². The van der Waals surface area contributed by atoms with Gasteiger partial charge in [-0.25, -0.2) is 9.37 Å². The van der Waals surface area contributed by atoms with E-state index in [4.69, 9.17) is 11.6 Å². The van der Waals surface area contributed by atoms with Crippen LogP contribution in [-0.4, -0.2) is 9.97 Å². The average Bonchev–Trinajstić information content (AvgIpc) is 2.67. The molecule has 0 unspecified atom stereocenters. The third-order valence-corrected chi connectivity index (χ3v) is 2.62. The predicted octanol–water partition coefficient (Wildman–Crippen LogP) is 3.12. The van der Waals surface area contributed by atoms with E-state index in [0.29, 0.717) is 12.2 Å². The lowest BCUT2D eigenvalue weighted by atomic mass is 10.3. The molecule has 1 aromatic heterocycles. The summed E-state index contributed by atoms with van der Waals surface area (Å²) in [5.74, 6) is -0.433. The molecule has 84 valence electrons. The number of H-pyrrole nitrogens is 1. The summed E-state index contributed by atoms with van der Waals surface area (Å²) in [6.45, 7) is 2.38. The molecule has 0 aliphatic rings. The van der Waals surface area contributed by atoms with E-state index < -0.39 is 5.82 Å². The van der Waals surface area contributed by atoms with E-state index in [1.54, 1.807) is 18.5 Å². The molecule has 0 atom stereocenters. The van der Waals surface area contributed by atoms with Gasteiger partial charge < -0.3 is 10.3 Å². The number of rotatable bonds is 3. The van der Waals surface area contributed by atoms with Crippen molar-refractivity contribution in [2.24, 2.45) is 0 Å². The lowest BCUT2D eigenvalue weighted by molar-refractivity contribution is 0.630. The Kier molecular flexibility index (Phi) is 3.10. The number of benzene rings is 1. The average molecular weight is 240 g/mol. The van der Waals surface area contributed by atoms with Gasteiger partial charge >= 0.3 is 0 Å². The predicted molar refractivity (Wildman–Crippen MR) is 62.1 cm³/mol. The number of aromatic nitrogens is 2. The molecule has 2 aromatic rings. The van der Waals surface area contributed by atoms with Gasteiger partial charge in [-0.3, -0.25) is 0 Å². The highest BCUT2D eigenvalue weighted by Crippen LogP contribution is 2.22. The van der Waals surface area contributed by atoms with E-state index in [2.05, 4.69) is 15.3 Å². The van der Waals surface area contributed by atoms with E-state index in [-0.39, 0.29) is 5.02 Å². The summed E-state index contributed by atoms with van der Waals surface area (Å²) in [7, 11) is 0. The maximum Gasteiger partial charge on any atom is 0.164 e. The molecule has 3 nitrogen and oxygen atoms in total. The number of aryl methyl sites for hydroxylation is 1. The van der Waals surface area contributed by atoms with Crippen molar-refractivity contribution in [2.75, 3.05) is 5.32 Å². The van der Waals surface area contributed by atoms with Crippen LogP contribution in [0.4, 0.5) is 10.1 Å². The summed E-state index contributed by atoms with van der Waals surface area (Å²) < 4.78 is 13.5. The van der Waals surface area contributed by atoms with Crippen LogP contribution in [0.1, 0.15) is 11.4 Å². The number of aromatic amines is 1. The zero-order valence-electron chi connectivity index (χ0n) is 8.72. The summed E-state index contributed by atoms with van der Waals surface area (Å²) >= 11 is 5.67. The molecule has 0 amide bonds. The first kappa shape index (κ1) is 11.0. The molecule has 1 heterocycles. The van der Waals surface area contributed by atoms with Gasteiger partial charge in [0.05, 0.1) is 29.3 Å². The fraction of sp³-hybridized carbons (Fsp3) is 0.182. The van der Waals surface area contributed by atoms with Crippen molar-refractivity contribution in [3.05, 3.63) is 46.8 Å². The second kappa shape index (κ2) is 4.53. The lowest BCUT2D eigenvalue weighted by Gasteiger charge is -2.07. The molecule has 2 N–H and O–H groups in total. The van der Waals surface area contributed by atoms with Crippen LogP contribution in [0.2, 0.25) is 5.02 Å². The van der Waals surface area contributed by atoms with Gasteiger partial charge in [0.2, 0.25) is 0 Å². The Morgan fingerprint density at radius 1 is 1.50 bits per heavy atom. The van der Waals surface area contributed by atoms with Gasteiger partial charge in [0, 0.05) is 5.69 Å². The normalized spacial score (nSPS) is 10.4. The summed E-state index contributed by atoms with van der Waals surface area (Å²) in [5.41, 5.74) is 2.21. The Labute approximate surface area is 97.7 Å². The Morgan fingerprint density at radius 2 is 2.31 bits per heavy atom. The molecule has 0 radical (unpaired) electrons. The second-order valence-corrected chi connectivity index (χ2v) is 3.84. The minimum absolute atomic E-state index is 0.115. The first-order valence-corrected chi connectivity index (χ1v) is 5.23. The molecule has 0 saturated heterocycles. The number of hydrogen-bond acceptors (Lipinski definition) is 2. The fourth-order valence-corrected chi connectivity index (χ4v) is 1.56. The lowest BCUT2D eigenvalue weighted by Crippen LogP contribution is -2.03. The van der Waals surface area contributed by atoms with Gasteiger partial charge in [-0.05, 0) is 19.1 Å². The highest BCUT2D eigenvalue weighted by atomic mass is 35.5. The van der Waals surface area contributed by atoms with Crippen LogP contribution in [0.15, 0.2) is 24.5 Å². The second-order valence-electron chi connectivity index (χ2n) is 3.43. The number of nitrogens with zero attached hydrogens (tertiary/aromatic N) is 1. The Morgan fingerprint density at radius 3 is 3.00 bits per heavy atom. The van der Waals surface area contributed by atoms with Crippen molar-refractivity contribution >= 4 is 17.3 Å². The molecule has 5 heteroatoms. The molecule has 1 aromatic carbocycles. The number of halogens is 2. The van der Waals surface area contributed by atoms with Gasteiger partial charge in [0.15, 0.2) is 5.82 Å². The molecule has 0 saturated carbocycles. The molecule has 0 fully saturated rings. The molecular formula is C11H11ClFN3. The maximum atomic E-state index is 13.5. The fourth-order valence-electron chi connectivity index (χ4n) is 1.38. The first-order chi connectivity index (χ1) is 7.68. The summed E-state index contributed by atoms with van der Waals surface area (Å²) in [6, 6.07) is 4.86. The van der Waals surface area contributed by atoms with Crippen LogP contribution >= 0.6 is 11.6 Å². The van der Waals surface area contributed by atoms with Crippen molar-refractivity contribution in [1.29, 1.82) is 0 Å². The monoisotopic (exact) mass is 239 g/mol. The molecule has 0 aliphatic carbocycles. The third-order valence-electron chi connectivity index (χ3n) is 2.33. The minimum Gasteiger partial charge on any atom is -0.377 e. The largest absolute Gasteiger partial charge is 0.377 e. The van der Waals surface area contributed by atoms with Gasteiger partial charge in [0.1, 0.15) is 0 Å². The zero-order valence-corrected chi connectivity index (χ0v) is 9.48. The number of anilines is 1. The standard InChI is InChI=1S/C11H11ClFN3/c1-7-10(16-6-15-7)5-14-9-4-2-3-8(12)11(9)13/h2-4,6,14H,5H2,1H3,(H,15,16). The first-order valence-electron chi connectivity index (χ1n) is 4.85. The van der Waals surface area contributed by atoms with E-state index in [1.807, 2.05) is 6.92 Å². The Hall–Kier alpha value is -1.55. The quantitative estimate of drug-likeness (QED) is 0.864. The zero-order chi connectivity index (χ0) is 11.5. The van der Waals surface area contributed by atoms with Crippen LogP contribution in [-0.2, 0) is 6.54 Å². The highest BCUT2D eigenvalue weighted by molar-refractivity contribution is 6.31.